The summed E-state index contributed by atoms with van der Waals surface area (Å²) >= 11 is 0. The molecule has 0 bridgehead atoms. The zero-order valence-electron chi connectivity index (χ0n) is 18.5. The summed E-state index contributed by atoms with van der Waals surface area (Å²) in [5.41, 5.74) is 5.73. The molecule has 1 aliphatic carbocycles. The number of amides is 2. The highest BCUT2D eigenvalue weighted by molar-refractivity contribution is 6.04. The lowest BCUT2D eigenvalue weighted by Crippen LogP contribution is -2.35. The minimum atomic E-state index is -4.70. The largest absolute Gasteiger partial charge is 0.421 e. The van der Waals surface area contributed by atoms with Crippen LogP contribution in [0.2, 0.25) is 0 Å². The molecule has 0 aliphatic heterocycles. The van der Waals surface area contributed by atoms with E-state index in [9.17, 15) is 22.8 Å². The lowest BCUT2D eigenvalue weighted by atomic mass is 10.0. The molecule has 1 aliphatic rings. The molecule has 2 aromatic carbocycles. The number of nitrogens with two attached hydrogens (primary N) is 1. The van der Waals surface area contributed by atoms with Crippen LogP contribution in [0.25, 0.3) is 0 Å². The fraction of sp³-hybridized carbons (Fsp3) is 0.250. The Morgan fingerprint density at radius 2 is 1.74 bits per heavy atom. The molecule has 11 heteroatoms. The number of carbonyl (C=O) groups excluding carboxylic acids is 2. The predicted molar refractivity (Wildman–Crippen MR) is 125 cm³/mol. The summed E-state index contributed by atoms with van der Waals surface area (Å²) in [5.74, 6) is -2.04. The van der Waals surface area contributed by atoms with Crippen molar-refractivity contribution in [1.29, 1.82) is 0 Å². The molecule has 2 amide bonds. The van der Waals surface area contributed by atoms with Gasteiger partial charge in [0.05, 0.1) is 5.92 Å². The van der Waals surface area contributed by atoms with Crippen LogP contribution in [0, 0.1) is 5.92 Å². The number of alkyl halides is 3. The van der Waals surface area contributed by atoms with Gasteiger partial charge in [-0.1, -0.05) is 30.7 Å². The topological polar surface area (TPSA) is 122 Å². The number of nitrogens with zero attached hydrogens (tertiary/aromatic N) is 2. The predicted octanol–water partition coefficient (Wildman–Crippen LogP) is 4.56. The molecule has 0 saturated heterocycles. The molecule has 1 saturated carbocycles. The summed E-state index contributed by atoms with van der Waals surface area (Å²) in [6.45, 7) is 0. The molecule has 1 fully saturated rings. The fourth-order valence-electron chi connectivity index (χ4n) is 4.00. The van der Waals surface area contributed by atoms with E-state index in [1.54, 1.807) is 42.5 Å². The van der Waals surface area contributed by atoms with Crippen molar-refractivity contribution in [2.75, 3.05) is 16.0 Å². The Bertz CT molecular complexity index is 1220. The molecule has 182 valence electrons. The highest BCUT2D eigenvalue weighted by atomic mass is 19.4. The molecule has 0 spiro atoms. The van der Waals surface area contributed by atoms with Gasteiger partial charge in [-0.25, -0.2) is 4.98 Å². The second kappa shape index (κ2) is 10.00. The van der Waals surface area contributed by atoms with Crippen LogP contribution < -0.4 is 21.7 Å². The maximum Gasteiger partial charge on any atom is 0.421 e. The van der Waals surface area contributed by atoms with Crippen molar-refractivity contribution in [2.45, 2.75) is 31.5 Å². The number of carbonyl (C=O) groups is 2. The third-order valence-electron chi connectivity index (χ3n) is 5.71. The third-order valence-corrected chi connectivity index (χ3v) is 5.71. The SMILES string of the molecule is NC(=O)C1CCCC1Nc1nc(Nc2cccc(C(=O)Nc3ccccc3)c2)ncc1C(F)(F)F. The zero-order valence-corrected chi connectivity index (χ0v) is 18.5. The van der Waals surface area contributed by atoms with Crippen molar-refractivity contribution in [3.05, 3.63) is 71.9 Å². The Labute approximate surface area is 199 Å². The maximum atomic E-state index is 13.6. The first kappa shape index (κ1) is 24.0. The van der Waals surface area contributed by atoms with Gasteiger partial charge in [0.2, 0.25) is 11.9 Å². The summed E-state index contributed by atoms with van der Waals surface area (Å²) in [4.78, 5) is 32.1. The van der Waals surface area contributed by atoms with E-state index in [4.69, 9.17) is 5.73 Å². The number of anilines is 4. The quantitative estimate of drug-likeness (QED) is 0.390. The fourth-order valence-corrected chi connectivity index (χ4v) is 4.00. The monoisotopic (exact) mass is 484 g/mol. The van der Waals surface area contributed by atoms with Crippen LogP contribution in [0.15, 0.2) is 60.8 Å². The number of hydrogen-bond donors (Lipinski definition) is 4. The van der Waals surface area contributed by atoms with Crippen LogP contribution in [-0.2, 0) is 11.0 Å². The van der Waals surface area contributed by atoms with Crippen LogP contribution >= 0.6 is 0 Å². The lowest BCUT2D eigenvalue weighted by molar-refractivity contribution is -0.137. The van der Waals surface area contributed by atoms with Gasteiger partial charge in [0.15, 0.2) is 0 Å². The van der Waals surface area contributed by atoms with Gasteiger partial charge in [-0.05, 0) is 43.2 Å². The van der Waals surface area contributed by atoms with E-state index >= 15 is 0 Å². The first-order chi connectivity index (χ1) is 16.7. The highest BCUT2D eigenvalue weighted by Gasteiger charge is 2.38. The van der Waals surface area contributed by atoms with Gasteiger partial charge >= 0.3 is 6.18 Å². The molecular weight excluding hydrogens is 461 g/mol. The molecule has 0 radical (unpaired) electrons. The van der Waals surface area contributed by atoms with E-state index in [1.807, 2.05) is 6.07 Å². The highest BCUT2D eigenvalue weighted by Crippen LogP contribution is 2.36. The van der Waals surface area contributed by atoms with E-state index in [-0.39, 0.29) is 11.9 Å². The molecule has 5 N–H and O–H groups in total. The smallest absolute Gasteiger partial charge is 0.369 e. The normalized spacial score (nSPS) is 17.6. The molecule has 1 heterocycles. The average Bonchev–Trinajstić information content (AvgIpc) is 3.28. The second-order valence-corrected chi connectivity index (χ2v) is 8.17. The van der Waals surface area contributed by atoms with Crippen LogP contribution in [0.1, 0.15) is 35.2 Å². The summed E-state index contributed by atoms with van der Waals surface area (Å²) in [5, 5.41) is 8.36. The molecule has 4 rings (SSSR count). The van der Waals surface area contributed by atoms with Gasteiger partial charge < -0.3 is 21.7 Å². The molecule has 2 atom stereocenters. The van der Waals surface area contributed by atoms with Crippen LogP contribution in [0.3, 0.4) is 0 Å². The Balaban J connectivity index is 1.55. The average molecular weight is 484 g/mol. The number of nitrogens with one attached hydrogen (secondary N) is 3. The summed E-state index contributed by atoms with van der Waals surface area (Å²) < 4.78 is 40.7. The number of hydrogen-bond acceptors (Lipinski definition) is 6. The Hall–Kier alpha value is -4.15. The first-order valence-corrected chi connectivity index (χ1v) is 10.9. The van der Waals surface area contributed by atoms with Crippen LogP contribution in [0.5, 0.6) is 0 Å². The standard InChI is InChI=1S/C24H23F3N6O2/c25-24(26,27)18-13-29-23(33-21(18)32-19-11-5-10-17(19)20(28)34)31-16-9-4-6-14(12-16)22(35)30-15-7-2-1-3-8-15/h1-4,6-9,12-13,17,19H,5,10-11H2,(H2,28,34)(H,30,35)(H2,29,31,32,33). The van der Waals surface area contributed by atoms with E-state index in [0.29, 0.717) is 42.4 Å². The number of benzene rings is 2. The van der Waals surface area contributed by atoms with Crippen molar-refractivity contribution in [2.24, 2.45) is 11.7 Å². The Kier molecular flexibility index (Phi) is 6.85. The van der Waals surface area contributed by atoms with Crippen molar-refractivity contribution >= 4 is 35.0 Å². The summed E-state index contributed by atoms with van der Waals surface area (Å²) in [6, 6.07) is 14.7. The first-order valence-electron chi connectivity index (χ1n) is 10.9. The van der Waals surface area contributed by atoms with Gasteiger partial charge in [0.1, 0.15) is 11.4 Å². The van der Waals surface area contributed by atoms with Gasteiger partial charge in [0, 0.05) is 29.2 Å². The van der Waals surface area contributed by atoms with Gasteiger partial charge in [-0.3, -0.25) is 9.59 Å². The maximum absolute atomic E-state index is 13.6. The Morgan fingerprint density at radius 3 is 2.46 bits per heavy atom. The molecule has 2 unspecified atom stereocenters. The minimum absolute atomic E-state index is 0.102. The second-order valence-electron chi connectivity index (χ2n) is 8.17. The van der Waals surface area contributed by atoms with Gasteiger partial charge in [0.25, 0.3) is 5.91 Å². The lowest BCUT2D eigenvalue weighted by Gasteiger charge is -2.22. The number of primary amides is 1. The van der Waals surface area contributed by atoms with Crippen molar-refractivity contribution in [3.8, 4) is 0 Å². The molecular formula is C24H23F3N6O2. The molecule has 35 heavy (non-hydrogen) atoms. The molecule has 3 aromatic rings. The zero-order chi connectivity index (χ0) is 25.0. The third kappa shape index (κ3) is 5.86. The van der Waals surface area contributed by atoms with E-state index in [1.165, 1.54) is 6.07 Å². The Morgan fingerprint density at radius 1 is 1.00 bits per heavy atom. The van der Waals surface area contributed by atoms with Crippen LogP contribution in [-0.4, -0.2) is 27.8 Å². The van der Waals surface area contributed by atoms with Crippen molar-refractivity contribution in [3.63, 3.8) is 0 Å². The van der Waals surface area contributed by atoms with Crippen molar-refractivity contribution < 1.29 is 22.8 Å². The molecule has 1 aromatic heterocycles. The van der Waals surface area contributed by atoms with E-state index in [2.05, 4.69) is 25.9 Å². The minimum Gasteiger partial charge on any atom is -0.369 e. The van der Waals surface area contributed by atoms with Crippen LogP contribution in [0.4, 0.5) is 36.3 Å². The summed E-state index contributed by atoms with van der Waals surface area (Å²) in [6.07, 6.45) is -2.35. The van der Waals surface area contributed by atoms with E-state index in [0.717, 1.165) is 0 Å². The number of aromatic nitrogens is 2. The number of halogens is 3. The summed E-state index contributed by atoms with van der Waals surface area (Å²) in [7, 11) is 0. The van der Waals surface area contributed by atoms with Gasteiger partial charge in [-0.15, -0.1) is 0 Å². The van der Waals surface area contributed by atoms with Crippen molar-refractivity contribution in [1.82, 2.24) is 9.97 Å². The molecule has 8 nitrogen and oxygen atoms in total. The van der Waals surface area contributed by atoms with E-state index < -0.39 is 35.4 Å². The number of para-hydroxylation sites is 1. The number of rotatable bonds is 7. The van der Waals surface area contributed by atoms with Gasteiger partial charge in [-0.2, -0.15) is 18.2 Å².